The van der Waals surface area contributed by atoms with Crippen LogP contribution in [0.1, 0.15) is 5.56 Å². The fourth-order valence-corrected chi connectivity index (χ4v) is 2.68. The van der Waals surface area contributed by atoms with Gasteiger partial charge in [0.25, 0.3) is 15.7 Å². The Morgan fingerprint density at radius 3 is 2.68 bits per heavy atom. The molecule has 1 aromatic carbocycles. The van der Waals surface area contributed by atoms with E-state index in [9.17, 15) is 18.5 Å². The Bertz CT molecular complexity index is 710. The van der Waals surface area contributed by atoms with Crippen molar-refractivity contribution in [2.75, 3.05) is 4.72 Å². The SMILES string of the molecule is Cc1cc([N+](=O)[O-])ccc1S(=O)(=O)Nc1ncn[nH]1. The second-order valence-electron chi connectivity index (χ2n) is 3.65. The number of nitro benzene ring substituents is 1. The van der Waals surface area contributed by atoms with Gasteiger partial charge in [0.15, 0.2) is 0 Å². The molecule has 0 amide bonds. The average molecular weight is 283 g/mol. The smallest absolute Gasteiger partial charge is 0.258 e. The van der Waals surface area contributed by atoms with Gasteiger partial charge in [-0.1, -0.05) is 0 Å². The first-order valence-electron chi connectivity index (χ1n) is 5.03. The Kier molecular flexibility index (Phi) is 3.17. The largest absolute Gasteiger partial charge is 0.269 e. The normalized spacial score (nSPS) is 11.2. The van der Waals surface area contributed by atoms with E-state index in [1.54, 1.807) is 0 Å². The predicted octanol–water partition coefficient (Wildman–Crippen LogP) is 0.822. The van der Waals surface area contributed by atoms with Crippen LogP contribution >= 0.6 is 0 Å². The van der Waals surface area contributed by atoms with Crippen molar-refractivity contribution in [2.24, 2.45) is 0 Å². The molecule has 0 spiro atoms. The molecule has 0 aliphatic carbocycles. The monoisotopic (exact) mass is 283 g/mol. The molecule has 0 unspecified atom stereocenters. The standard InChI is InChI=1S/C9H9N5O4S/c1-6-4-7(14(15)16)2-3-8(6)19(17,18)13-9-10-5-11-12-9/h2-5H,1H3,(H2,10,11,12,13). The van der Waals surface area contributed by atoms with Crippen LogP contribution in [0, 0.1) is 17.0 Å². The fraction of sp³-hybridized carbons (Fsp3) is 0.111. The number of nitrogens with one attached hydrogen (secondary N) is 2. The molecule has 0 radical (unpaired) electrons. The minimum atomic E-state index is -3.86. The van der Waals surface area contributed by atoms with Gasteiger partial charge in [0.1, 0.15) is 6.33 Å². The number of hydrogen-bond acceptors (Lipinski definition) is 6. The lowest BCUT2D eigenvalue weighted by Crippen LogP contribution is -2.15. The highest BCUT2D eigenvalue weighted by molar-refractivity contribution is 7.92. The zero-order valence-corrected chi connectivity index (χ0v) is 10.5. The summed E-state index contributed by atoms with van der Waals surface area (Å²) in [5.41, 5.74) is 0.0948. The fourth-order valence-electron chi connectivity index (χ4n) is 1.49. The zero-order chi connectivity index (χ0) is 14.0. The Balaban J connectivity index is 2.38. The molecular formula is C9H9N5O4S. The van der Waals surface area contributed by atoms with Crippen molar-refractivity contribution in [3.63, 3.8) is 0 Å². The second-order valence-corrected chi connectivity index (χ2v) is 5.30. The number of sulfonamides is 1. The highest BCUT2D eigenvalue weighted by Crippen LogP contribution is 2.22. The average Bonchev–Trinajstić information content (AvgIpc) is 2.80. The van der Waals surface area contributed by atoms with E-state index >= 15 is 0 Å². The third kappa shape index (κ3) is 2.68. The van der Waals surface area contributed by atoms with Gasteiger partial charge >= 0.3 is 0 Å². The van der Waals surface area contributed by atoms with E-state index in [4.69, 9.17) is 0 Å². The third-order valence-corrected chi connectivity index (χ3v) is 3.80. The second kappa shape index (κ2) is 4.65. The molecule has 0 atom stereocenters. The van der Waals surface area contributed by atoms with Crippen LogP contribution < -0.4 is 4.72 Å². The number of nitrogens with zero attached hydrogens (tertiary/aromatic N) is 3. The Hall–Kier alpha value is -2.49. The van der Waals surface area contributed by atoms with E-state index < -0.39 is 14.9 Å². The van der Waals surface area contributed by atoms with Crippen molar-refractivity contribution in [3.05, 3.63) is 40.2 Å². The number of hydrogen-bond donors (Lipinski definition) is 2. The molecule has 2 aromatic rings. The van der Waals surface area contributed by atoms with Gasteiger partial charge in [-0.25, -0.2) is 18.2 Å². The minimum absolute atomic E-state index is 0.0299. The first kappa shape index (κ1) is 13.0. The van der Waals surface area contributed by atoms with Gasteiger partial charge in [0, 0.05) is 12.1 Å². The summed E-state index contributed by atoms with van der Waals surface area (Å²) in [6.07, 6.45) is 1.15. The molecule has 0 bridgehead atoms. The summed E-state index contributed by atoms with van der Waals surface area (Å²) in [5.74, 6) is -0.0299. The van der Waals surface area contributed by atoms with Gasteiger partial charge < -0.3 is 0 Å². The number of rotatable bonds is 4. The number of benzene rings is 1. The number of aromatic nitrogens is 3. The highest BCUT2D eigenvalue weighted by Gasteiger charge is 2.20. The Morgan fingerprint density at radius 2 is 2.16 bits per heavy atom. The molecule has 1 aromatic heterocycles. The van der Waals surface area contributed by atoms with Crippen LogP contribution in [-0.4, -0.2) is 28.5 Å². The molecule has 10 heteroatoms. The van der Waals surface area contributed by atoms with Gasteiger partial charge in [-0.3, -0.25) is 10.1 Å². The minimum Gasteiger partial charge on any atom is -0.258 e. The molecule has 0 fully saturated rings. The molecule has 9 nitrogen and oxygen atoms in total. The lowest BCUT2D eigenvalue weighted by atomic mass is 10.2. The maximum absolute atomic E-state index is 12.0. The highest BCUT2D eigenvalue weighted by atomic mass is 32.2. The summed E-state index contributed by atoms with van der Waals surface area (Å²) in [4.78, 5) is 13.6. The van der Waals surface area contributed by atoms with Crippen LogP contribution in [-0.2, 0) is 10.0 Å². The predicted molar refractivity (Wildman–Crippen MR) is 65.0 cm³/mol. The summed E-state index contributed by atoms with van der Waals surface area (Å²) >= 11 is 0. The van der Waals surface area contributed by atoms with Crippen molar-refractivity contribution >= 4 is 21.7 Å². The maximum atomic E-state index is 12.0. The van der Waals surface area contributed by atoms with Crippen molar-refractivity contribution in [2.45, 2.75) is 11.8 Å². The number of H-pyrrole nitrogens is 1. The molecule has 0 aliphatic heterocycles. The van der Waals surface area contributed by atoms with E-state index in [-0.39, 0.29) is 22.1 Å². The van der Waals surface area contributed by atoms with Crippen molar-refractivity contribution < 1.29 is 13.3 Å². The molecule has 2 rings (SSSR count). The van der Waals surface area contributed by atoms with Crippen molar-refractivity contribution in [3.8, 4) is 0 Å². The number of non-ortho nitro benzene ring substituents is 1. The van der Waals surface area contributed by atoms with Crippen molar-refractivity contribution in [1.82, 2.24) is 15.2 Å². The van der Waals surface area contributed by atoms with Gasteiger partial charge in [-0.2, -0.15) is 10.1 Å². The van der Waals surface area contributed by atoms with Crippen LogP contribution in [0.2, 0.25) is 0 Å². The summed E-state index contributed by atoms with van der Waals surface area (Å²) in [5, 5.41) is 16.4. The van der Waals surface area contributed by atoms with Gasteiger partial charge in [-0.15, -0.1) is 0 Å². The van der Waals surface area contributed by atoms with E-state index in [0.717, 1.165) is 12.4 Å². The molecule has 0 saturated carbocycles. The van der Waals surface area contributed by atoms with Crippen LogP contribution in [0.4, 0.5) is 11.6 Å². The van der Waals surface area contributed by atoms with E-state index in [0.29, 0.717) is 0 Å². The maximum Gasteiger partial charge on any atom is 0.269 e. The molecule has 19 heavy (non-hydrogen) atoms. The molecule has 100 valence electrons. The topological polar surface area (TPSA) is 131 Å². The van der Waals surface area contributed by atoms with Gasteiger partial charge in [0.2, 0.25) is 5.95 Å². The summed E-state index contributed by atoms with van der Waals surface area (Å²) < 4.78 is 26.2. The van der Waals surface area contributed by atoms with Crippen LogP contribution in [0.25, 0.3) is 0 Å². The van der Waals surface area contributed by atoms with Crippen LogP contribution in [0.3, 0.4) is 0 Å². The van der Waals surface area contributed by atoms with E-state index in [1.807, 2.05) is 0 Å². The molecule has 1 heterocycles. The lowest BCUT2D eigenvalue weighted by Gasteiger charge is -2.07. The number of nitro groups is 1. The first-order valence-corrected chi connectivity index (χ1v) is 6.52. The number of aromatic amines is 1. The van der Waals surface area contributed by atoms with Crippen LogP contribution in [0.15, 0.2) is 29.4 Å². The van der Waals surface area contributed by atoms with E-state index in [2.05, 4.69) is 19.9 Å². The Morgan fingerprint density at radius 1 is 1.42 bits per heavy atom. The first-order chi connectivity index (χ1) is 8.90. The summed E-state index contributed by atoms with van der Waals surface area (Å²) in [6, 6.07) is 3.49. The number of aryl methyl sites for hydroxylation is 1. The molecule has 2 N–H and O–H groups in total. The van der Waals surface area contributed by atoms with Crippen LogP contribution in [0.5, 0.6) is 0 Å². The van der Waals surface area contributed by atoms with Gasteiger partial charge in [0.05, 0.1) is 9.82 Å². The zero-order valence-electron chi connectivity index (χ0n) is 9.69. The number of anilines is 1. The van der Waals surface area contributed by atoms with Crippen molar-refractivity contribution in [1.29, 1.82) is 0 Å². The molecular weight excluding hydrogens is 274 g/mol. The molecule has 0 saturated heterocycles. The van der Waals surface area contributed by atoms with E-state index in [1.165, 1.54) is 19.1 Å². The summed E-state index contributed by atoms with van der Waals surface area (Å²) in [7, 11) is -3.86. The molecule has 0 aliphatic rings. The third-order valence-electron chi connectivity index (χ3n) is 2.30. The summed E-state index contributed by atoms with van der Waals surface area (Å²) in [6.45, 7) is 1.47. The quantitative estimate of drug-likeness (QED) is 0.630. The van der Waals surface area contributed by atoms with Gasteiger partial charge in [-0.05, 0) is 18.6 Å². The lowest BCUT2D eigenvalue weighted by molar-refractivity contribution is -0.385. The Labute approximate surface area is 107 Å².